The van der Waals surface area contributed by atoms with Gasteiger partial charge >= 0.3 is 12.2 Å². The third-order valence-corrected chi connectivity index (χ3v) is 6.53. The fourth-order valence-electron chi connectivity index (χ4n) is 3.55. The van der Waals surface area contributed by atoms with Crippen LogP contribution in [0.5, 0.6) is 0 Å². The number of aromatic nitrogens is 2. The van der Waals surface area contributed by atoms with Gasteiger partial charge in [-0.2, -0.15) is 13.2 Å². The predicted octanol–water partition coefficient (Wildman–Crippen LogP) is 3.64. The van der Waals surface area contributed by atoms with Gasteiger partial charge in [-0.3, -0.25) is 4.98 Å². The Labute approximate surface area is 196 Å². The SMILES string of the molecule is CC1CCN(c2nc(C(F)(F)F)ccc2CNC(=O)Nc2ccc(CCS(C)(=O)=O)nc2)CC1. The number of carbonyl (C=O) groups is 1. The summed E-state index contributed by atoms with van der Waals surface area (Å²) in [6, 6.07) is 4.94. The zero-order chi connectivity index (χ0) is 24.9. The molecule has 0 atom stereocenters. The van der Waals surface area contributed by atoms with Crippen LogP contribution >= 0.6 is 0 Å². The fourth-order valence-corrected chi connectivity index (χ4v) is 4.13. The fraction of sp³-hybridized carbons (Fsp3) is 0.500. The number of urea groups is 1. The number of aryl methyl sites for hydroxylation is 1. The summed E-state index contributed by atoms with van der Waals surface area (Å²) in [6.07, 6.45) is -0.00327. The van der Waals surface area contributed by atoms with E-state index in [4.69, 9.17) is 0 Å². The first-order valence-corrected chi connectivity index (χ1v) is 13.0. The maximum absolute atomic E-state index is 13.2. The number of alkyl halides is 3. The van der Waals surface area contributed by atoms with Gasteiger partial charge < -0.3 is 15.5 Å². The van der Waals surface area contributed by atoms with Crippen molar-refractivity contribution in [2.24, 2.45) is 5.92 Å². The van der Waals surface area contributed by atoms with Crippen LogP contribution in [0, 0.1) is 5.92 Å². The molecule has 1 fully saturated rings. The Morgan fingerprint density at radius 1 is 1.18 bits per heavy atom. The highest BCUT2D eigenvalue weighted by Gasteiger charge is 2.34. The van der Waals surface area contributed by atoms with E-state index >= 15 is 0 Å². The molecule has 2 aromatic heterocycles. The molecule has 3 rings (SSSR count). The second kappa shape index (κ2) is 10.6. The Bertz CT molecular complexity index is 1100. The Balaban J connectivity index is 1.64. The molecule has 0 saturated carbocycles. The van der Waals surface area contributed by atoms with E-state index in [0.29, 0.717) is 36.0 Å². The molecular weight excluding hydrogens is 471 g/mol. The lowest BCUT2D eigenvalue weighted by atomic mass is 9.99. The molecule has 2 N–H and O–H groups in total. The molecule has 2 aromatic rings. The summed E-state index contributed by atoms with van der Waals surface area (Å²) in [4.78, 5) is 22.2. The summed E-state index contributed by atoms with van der Waals surface area (Å²) in [5.74, 6) is 0.715. The first-order valence-electron chi connectivity index (χ1n) is 10.9. The average Bonchev–Trinajstić information content (AvgIpc) is 2.76. The van der Waals surface area contributed by atoms with E-state index in [1.54, 1.807) is 12.1 Å². The molecule has 1 aliphatic heterocycles. The molecule has 0 radical (unpaired) electrons. The third kappa shape index (κ3) is 7.57. The van der Waals surface area contributed by atoms with Crippen molar-refractivity contribution in [1.82, 2.24) is 15.3 Å². The summed E-state index contributed by atoms with van der Waals surface area (Å²) >= 11 is 0. The van der Waals surface area contributed by atoms with Crippen LogP contribution in [0.2, 0.25) is 0 Å². The van der Waals surface area contributed by atoms with Crippen LogP contribution in [0.25, 0.3) is 0 Å². The van der Waals surface area contributed by atoms with E-state index in [1.165, 1.54) is 12.3 Å². The highest BCUT2D eigenvalue weighted by atomic mass is 32.2. The van der Waals surface area contributed by atoms with Crippen LogP contribution in [0.1, 0.15) is 36.7 Å². The minimum atomic E-state index is -4.55. The van der Waals surface area contributed by atoms with Crippen LogP contribution in [0.3, 0.4) is 0 Å². The first-order chi connectivity index (χ1) is 15.9. The maximum Gasteiger partial charge on any atom is 0.433 e. The van der Waals surface area contributed by atoms with Crippen molar-refractivity contribution in [1.29, 1.82) is 0 Å². The number of sulfone groups is 1. The zero-order valence-corrected chi connectivity index (χ0v) is 19.8. The summed E-state index contributed by atoms with van der Waals surface area (Å²) in [7, 11) is -3.10. The van der Waals surface area contributed by atoms with Gasteiger partial charge in [0.15, 0.2) is 0 Å². The molecule has 8 nitrogen and oxygen atoms in total. The highest BCUT2D eigenvalue weighted by molar-refractivity contribution is 7.90. The van der Waals surface area contributed by atoms with Crippen LogP contribution in [0.15, 0.2) is 30.5 Å². The molecule has 0 aromatic carbocycles. The molecule has 1 saturated heterocycles. The predicted molar refractivity (Wildman–Crippen MR) is 123 cm³/mol. The monoisotopic (exact) mass is 499 g/mol. The number of carbonyl (C=O) groups excluding carboxylic acids is 1. The summed E-state index contributed by atoms with van der Waals surface area (Å²) < 4.78 is 62.2. The molecule has 0 aliphatic carbocycles. The van der Waals surface area contributed by atoms with Crippen LogP contribution in [0.4, 0.5) is 29.5 Å². The molecule has 0 unspecified atom stereocenters. The maximum atomic E-state index is 13.2. The van der Waals surface area contributed by atoms with E-state index in [-0.39, 0.29) is 24.5 Å². The van der Waals surface area contributed by atoms with Crippen molar-refractivity contribution in [2.45, 2.75) is 38.9 Å². The number of amides is 2. The minimum Gasteiger partial charge on any atom is -0.356 e. The van der Waals surface area contributed by atoms with Gasteiger partial charge in [0, 0.05) is 43.6 Å². The van der Waals surface area contributed by atoms with Crippen molar-refractivity contribution in [2.75, 3.05) is 35.3 Å². The van der Waals surface area contributed by atoms with Crippen molar-refractivity contribution >= 4 is 27.4 Å². The van der Waals surface area contributed by atoms with Gasteiger partial charge in [-0.05, 0) is 37.0 Å². The molecular formula is C22H28F3N5O3S. The molecule has 0 spiro atoms. The number of nitrogens with one attached hydrogen (secondary N) is 2. The van der Waals surface area contributed by atoms with Gasteiger partial charge in [0.2, 0.25) is 0 Å². The summed E-state index contributed by atoms with van der Waals surface area (Å²) in [5, 5.41) is 5.26. The number of hydrogen-bond donors (Lipinski definition) is 2. The largest absolute Gasteiger partial charge is 0.433 e. The highest BCUT2D eigenvalue weighted by Crippen LogP contribution is 2.32. The number of pyridine rings is 2. The Morgan fingerprint density at radius 2 is 1.88 bits per heavy atom. The minimum absolute atomic E-state index is 0.00176. The average molecular weight is 500 g/mol. The molecule has 1 aliphatic rings. The normalized spacial score (nSPS) is 15.3. The van der Waals surface area contributed by atoms with Crippen LogP contribution in [-0.2, 0) is 29.0 Å². The van der Waals surface area contributed by atoms with Gasteiger partial charge in [0.05, 0.1) is 17.6 Å². The van der Waals surface area contributed by atoms with Gasteiger partial charge in [-0.25, -0.2) is 18.2 Å². The molecule has 12 heteroatoms. The Morgan fingerprint density at radius 3 is 2.47 bits per heavy atom. The van der Waals surface area contributed by atoms with Gasteiger partial charge in [-0.15, -0.1) is 0 Å². The van der Waals surface area contributed by atoms with E-state index in [1.807, 2.05) is 4.90 Å². The number of nitrogens with zero attached hydrogens (tertiary/aromatic N) is 3. The summed E-state index contributed by atoms with van der Waals surface area (Å²) in [5.41, 5.74) is 0.507. The van der Waals surface area contributed by atoms with E-state index in [2.05, 4.69) is 27.5 Å². The first kappa shape index (κ1) is 25.7. The van der Waals surface area contributed by atoms with Crippen LogP contribution < -0.4 is 15.5 Å². The van der Waals surface area contributed by atoms with Gasteiger partial charge in [0.25, 0.3) is 0 Å². The van der Waals surface area contributed by atoms with Crippen molar-refractivity contribution in [3.63, 3.8) is 0 Å². The molecule has 3 heterocycles. The van der Waals surface area contributed by atoms with E-state index < -0.39 is 27.7 Å². The Kier molecular flexibility index (Phi) is 8.01. The molecule has 2 amide bonds. The standard InChI is InChI=1S/C22H28F3N5O3S/c1-15-7-10-30(11-8-15)20-16(3-6-19(29-20)22(23,24)25)13-27-21(31)28-18-5-4-17(26-14-18)9-12-34(2,32)33/h3-6,14-15H,7-13H2,1-2H3,(H2,27,28,31). The lowest BCUT2D eigenvalue weighted by molar-refractivity contribution is -0.141. The molecule has 34 heavy (non-hydrogen) atoms. The smallest absolute Gasteiger partial charge is 0.356 e. The topological polar surface area (TPSA) is 104 Å². The quantitative estimate of drug-likeness (QED) is 0.603. The number of anilines is 2. The number of rotatable bonds is 7. The van der Waals surface area contributed by atoms with Crippen molar-refractivity contribution < 1.29 is 26.4 Å². The number of halogens is 3. The third-order valence-electron chi connectivity index (χ3n) is 5.58. The molecule has 0 bridgehead atoms. The number of hydrogen-bond acceptors (Lipinski definition) is 6. The summed E-state index contributed by atoms with van der Waals surface area (Å²) in [6.45, 7) is 3.31. The lowest BCUT2D eigenvalue weighted by Gasteiger charge is -2.33. The van der Waals surface area contributed by atoms with Crippen molar-refractivity contribution in [3.8, 4) is 0 Å². The van der Waals surface area contributed by atoms with Gasteiger partial charge in [0.1, 0.15) is 21.3 Å². The van der Waals surface area contributed by atoms with E-state index in [0.717, 1.165) is 25.2 Å². The van der Waals surface area contributed by atoms with Crippen molar-refractivity contribution in [3.05, 3.63) is 47.4 Å². The second-order valence-corrected chi connectivity index (χ2v) is 10.8. The zero-order valence-electron chi connectivity index (χ0n) is 19.0. The van der Waals surface area contributed by atoms with Crippen LogP contribution in [-0.4, -0.2) is 49.5 Å². The Hall–Kier alpha value is -2.89. The number of piperidine rings is 1. The van der Waals surface area contributed by atoms with E-state index in [9.17, 15) is 26.4 Å². The van der Waals surface area contributed by atoms with Gasteiger partial charge in [-0.1, -0.05) is 13.0 Å². The second-order valence-electron chi connectivity index (χ2n) is 8.57. The molecule has 186 valence electrons. The lowest BCUT2D eigenvalue weighted by Crippen LogP contribution is -2.35.